The molecule has 2 aromatic rings. The Bertz CT molecular complexity index is 3610. The number of carbonyl (C=O) groups is 1. The van der Waals surface area contributed by atoms with E-state index in [0.717, 1.165) is 145 Å². The van der Waals surface area contributed by atoms with Crippen LogP contribution < -0.4 is 53.2 Å². The SMILES string of the molecule is C=C(C)N1CCN(C)CC1.C=C1N[C@H]2[C@H](CS[C@H]2CCCCC(=O)NCCCNC)N1.C=S1(=O)CCN(C)CC1.CC.CC(C)N1CCN(C)CC1.CCN1CCN(C)CC1.CN1CCC(N(C)C)CC1.CN1CCCCC1.CN1CCN(C)CC1.CN1CCN(S(C)(=O)=O)CC1.CNCCCNc1ccc([N+](=O)[O-])c2c1=NCN=2.CNCCN1CCCCC1.CNCc1cccnc1. The zero-order valence-corrected chi connectivity index (χ0v) is 91.3. The molecule has 14 rings (SSSR count). The van der Waals surface area contributed by atoms with Gasteiger partial charge in [-0.2, -0.15) is 16.1 Å². The zero-order chi connectivity index (χ0) is 99.7. The predicted octanol–water partition coefficient (Wildman–Crippen LogP) is 5.25. The average Bonchev–Trinajstić information content (AvgIpc) is 1.69. The summed E-state index contributed by atoms with van der Waals surface area (Å²) >= 11 is 2.04. The molecule has 11 fully saturated rings. The van der Waals surface area contributed by atoms with Gasteiger partial charge in [-0.1, -0.05) is 59.3 Å². The number of piperazine rings is 5. The monoisotopic (exact) mass is 1950 g/mol. The molecule has 12 aliphatic rings. The van der Waals surface area contributed by atoms with Crippen LogP contribution in [0, 0.1) is 10.1 Å². The topological polar surface area (TPSA) is 294 Å². The minimum atomic E-state index is -2.94. The second-order valence-electron chi connectivity index (χ2n) is 38.0. The first kappa shape index (κ1) is 125. The normalized spacial score (nSPS) is 21.7. The summed E-state index contributed by atoms with van der Waals surface area (Å²) in [6, 6.07) is 9.78. The number of benzene rings is 1. The Morgan fingerprint density at radius 2 is 1.09 bits per heavy atom. The molecule has 0 aliphatic carbocycles. The molecule has 134 heavy (non-hydrogen) atoms. The molecule has 8 N–H and O–H groups in total. The average molecular weight is 1950 g/mol. The van der Waals surface area contributed by atoms with E-state index in [1.165, 1.54) is 230 Å². The van der Waals surface area contributed by atoms with Crippen LogP contribution in [0.2, 0.25) is 0 Å². The van der Waals surface area contributed by atoms with Gasteiger partial charge in [0.25, 0.3) is 5.69 Å². The highest BCUT2D eigenvalue weighted by molar-refractivity contribution is 8.00. The second-order valence-corrected chi connectivity index (χ2v) is 44.0. The number of carbonyl (C=O) groups excluding carboxylic acids is 1. The number of amides is 1. The number of nitrogens with one attached hydrogen (secondary N) is 8. The summed E-state index contributed by atoms with van der Waals surface area (Å²) < 4.78 is 34.7. The first-order chi connectivity index (χ1) is 64.0. The van der Waals surface area contributed by atoms with Gasteiger partial charge in [-0.15, -0.1) is 0 Å². The molecule has 0 spiro atoms. The molecule has 1 aromatic carbocycles. The smallest absolute Gasteiger partial charge is 0.296 e. The van der Waals surface area contributed by atoms with E-state index in [1.54, 1.807) is 12.3 Å². The number of anilines is 1. The number of likely N-dealkylation sites (tertiary alicyclic amines) is 3. The first-order valence-corrected chi connectivity index (χ1v) is 55.7. The maximum absolute atomic E-state index is 11.7. The highest BCUT2D eigenvalue weighted by Crippen LogP contribution is 2.34. The van der Waals surface area contributed by atoms with Gasteiger partial charge in [0.05, 0.1) is 34.8 Å². The molecule has 1 amide bonds. The van der Waals surface area contributed by atoms with E-state index in [2.05, 4.69) is 243 Å². The van der Waals surface area contributed by atoms with E-state index in [9.17, 15) is 27.5 Å². The molecule has 33 nitrogen and oxygen atoms in total. The van der Waals surface area contributed by atoms with Crippen LogP contribution in [0.25, 0.3) is 0 Å². The molecule has 780 valence electrons. The molecule has 0 bridgehead atoms. The molecule has 0 radical (unpaired) electrons. The fraction of sp³-hybridized carbons (Fsp3) is 0.827. The lowest BCUT2D eigenvalue weighted by molar-refractivity contribution is -0.386. The number of non-ortho nitro benzene ring substituents is 1. The molecule has 0 saturated carbocycles. The van der Waals surface area contributed by atoms with Crippen molar-refractivity contribution in [2.45, 2.75) is 167 Å². The quantitative estimate of drug-likeness (QED) is 0.0273. The Morgan fingerprint density at radius 3 is 1.55 bits per heavy atom. The van der Waals surface area contributed by atoms with Gasteiger partial charge in [0.1, 0.15) is 12.0 Å². The van der Waals surface area contributed by atoms with Crippen LogP contribution in [-0.2, 0) is 30.9 Å². The Balaban J connectivity index is 0.000000501. The van der Waals surface area contributed by atoms with Crippen LogP contribution in [-0.4, -0.2) is 502 Å². The van der Waals surface area contributed by atoms with E-state index >= 15 is 0 Å². The number of nitro benzene ring substituents is 1. The number of hydrogen-bond acceptors (Lipinski definition) is 31. The van der Waals surface area contributed by atoms with Crippen molar-refractivity contribution >= 4 is 54.5 Å². The summed E-state index contributed by atoms with van der Waals surface area (Å²) in [5.74, 6) is 7.55. The van der Waals surface area contributed by atoms with Crippen molar-refractivity contribution in [3.63, 3.8) is 0 Å². The number of likely N-dealkylation sites (N-methyl/N-ethyl adjacent to an activating group) is 8. The third kappa shape index (κ3) is 59.0. The largest absolute Gasteiger partial charge is 0.383 e. The summed E-state index contributed by atoms with van der Waals surface area (Å²) in [7, 11) is 26.9. The van der Waals surface area contributed by atoms with Gasteiger partial charge in [-0.05, 0) is 283 Å². The van der Waals surface area contributed by atoms with Gasteiger partial charge in [0.15, 0.2) is 5.36 Å². The summed E-state index contributed by atoms with van der Waals surface area (Å²) in [5.41, 5.74) is 3.26. The van der Waals surface area contributed by atoms with Gasteiger partial charge in [0, 0.05) is 242 Å². The number of unbranched alkanes of at least 4 members (excludes halogenated alkanes) is 1. The maximum Gasteiger partial charge on any atom is 0.296 e. The Labute approximate surface area is 822 Å². The lowest BCUT2D eigenvalue weighted by Gasteiger charge is -2.34. The minimum absolute atomic E-state index is 0.0204. The van der Waals surface area contributed by atoms with Crippen LogP contribution in [0.3, 0.4) is 0 Å². The van der Waals surface area contributed by atoms with Crippen molar-refractivity contribution in [3.8, 4) is 0 Å². The van der Waals surface area contributed by atoms with Crippen molar-refractivity contribution in [3.05, 3.63) is 87.7 Å². The number of piperidine rings is 3. The lowest BCUT2D eigenvalue weighted by atomic mass is 10.0. The number of nitro groups is 1. The summed E-state index contributed by atoms with van der Waals surface area (Å²) in [5, 5.41) is 37.9. The number of hydrogen-bond donors (Lipinski definition) is 8. The molecule has 1 aromatic heterocycles. The van der Waals surface area contributed by atoms with Gasteiger partial charge in [-0.25, -0.2) is 8.42 Å². The zero-order valence-electron chi connectivity index (χ0n) is 88.8. The van der Waals surface area contributed by atoms with Crippen LogP contribution in [0.5, 0.6) is 0 Å². The van der Waals surface area contributed by atoms with Crippen molar-refractivity contribution in [2.75, 3.05) is 370 Å². The van der Waals surface area contributed by atoms with Crippen molar-refractivity contribution in [1.29, 1.82) is 0 Å². The molecule has 0 unspecified atom stereocenters. The molecule has 3 atom stereocenters. The number of rotatable bonds is 25. The summed E-state index contributed by atoms with van der Waals surface area (Å²) in [6.45, 7) is 61.1. The third-order valence-corrected chi connectivity index (χ3v) is 30.4. The Morgan fingerprint density at radius 1 is 0.604 bits per heavy atom. The Kier molecular flexibility index (Phi) is 70.1. The van der Waals surface area contributed by atoms with E-state index in [1.807, 2.05) is 79.2 Å². The van der Waals surface area contributed by atoms with Crippen LogP contribution in [0.4, 0.5) is 11.4 Å². The fourth-order valence-corrected chi connectivity index (χ4v) is 20.0. The van der Waals surface area contributed by atoms with Gasteiger partial charge in [-0.3, -0.25) is 39.0 Å². The lowest BCUT2D eigenvalue weighted by Crippen LogP contribution is -2.47. The van der Waals surface area contributed by atoms with Gasteiger partial charge in [0.2, 0.25) is 15.9 Å². The number of aromatic nitrogens is 1. The highest BCUT2D eigenvalue weighted by atomic mass is 32.2. The number of fused-ring (bicyclic) bond motifs is 2. The molecular formula is C98H199N27O6S3. The van der Waals surface area contributed by atoms with Crippen LogP contribution >= 0.6 is 11.8 Å². The van der Waals surface area contributed by atoms with Gasteiger partial charge < -0.3 is 106 Å². The minimum Gasteiger partial charge on any atom is -0.383 e. The number of thioether (sulfide) groups is 1. The van der Waals surface area contributed by atoms with Crippen LogP contribution in [0.1, 0.15) is 137 Å². The van der Waals surface area contributed by atoms with Crippen molar-refractivity contribution < 1.29 is 22.3 Å². The number of pyridine rings is 1. The van der Waals surface area contributed by atoms with Gasteiger partial charge >= 0.3 is 0 Å². The number of allylic oxidation sites excluding steroid dienone is 1. The van der Waals surface area contributed by atoms with Crippen LogP contribution in [0.15, 0.2) is 71.3 Å². The number of sulfonamides is 1. The third-order valence-electron chi connectivity index (χ3n) is 25.7. The molecule has 11 saturated heterocycles. The van der Waals surface area contributed by atoms with E-state index < -0.39 is 24.5 Å². The first-order valence-electron chi connectivity index (χ1n) is 50.7. The standard InChI is InChI=1S/C15H28N4OS.C11H15N5O2.2C8H18N2.C8H16N2.C8H18N2.C7H10N2.C7H16N2.C6H14N2O2S.C6H14N2.C6H13NOS.C6H13N.C2H6/c1-11-18-12-10-21-13(15(12)19-11)6-3-4-7-14(20)17-9-5-8-16-2;1-12-5-2-6-13-8-3-4-9(16(17)18)11-10(8)14-7-15-11;1-9(2)8-4-6-10(3)7-5-8;2*1-8(2)10-6-4-9(3)5-7-10;1-9-5-8-10-6-3-2-4-7-10;1-8-5-7-3-2-4-9-6-7;1-3-9-6-4-8(2)5-7-9;1-7-3-5-8(6-4-7)11(2,9)10;1-7-3-5-8(2)6-4-7;1-7-3-5-9(2,8)6-4-7;1-7-5-3-2-4-6-7;1-2/h12-13,15-16,18-19H,1,3-10H2,2H3,(H,17,20);3-4,12-13H,2,5-7H2,1H3;2*8H,4-7H2,1-3H3;1,4-7H2,2-3H3;9H,2-8H2,1H3;2-4,6,8H,5H2,1H3;3-7H2,1-2H3;3-6H2,1-2H3;3-6H2,1-2H3;2-6H2,1H3;2-6H2,1H3;1-2H3/t12-,13-,15-;;;;;;;;;;;;/m0............/s1. The molecular weight excluding hydrogens is 1750 g/mol. The van der Waals surface area contributed by atoms with E-state index in [4.69, 9.17) is 0 Å². The Hall–Kier alpha value is -4.88. The number of nitrogens with zero attached hydrogens (tertiary/aromatic N) is 19. The van der Waals surface area contributed by atoms with Crippen molar-refractivity contribution in [1.82, 2.24) is 115 Å². The summed E-state index contributed by atoms with van der Waals surface area (Å²) in [6.07, 6.45) is 22.0. The maximum atomic E-state index is 11.7. The predicted molar refractivity (Wildman–Crippen MR) is 574 cm³/mol. The van der Waals surface area contributed by atoms with Crippen molar-refractivity contribution in [2.24, 2.45) is 9.98 Å². The fourth-order valence-electron chi connectivity index (χ4n) is 16.1. The second kappa shape index (κ2) is 75.0. The molecule has 12 aliphatic heterocycles. The van der Waals surface area contributed by atoms with E-state index in [0.29, 0.717) is 47.6 Å². The van der Waals surface area contributed by atoms with E-state index in [-0.39, 0.29) is 18.3 Å². The highest BCUT2D eigenvalue weighted by Gasteiger charge is 2.40. The molecule has 36 heteroatoms. The molecule has 13 heterocycles. The summed E-state index contributed by atoms with van der Waals surface area (Å²) in [4.78, 5) is 67.5.